The molecule has 0 radical (unpaired) electrons. The van der Waals surface area contributed by atoms with E-state index in [4.69, 9.17) is 13.9 Å². The largest absolute Gasteiger partial charge is 0.497 e. The highest BCUT2D eigenvalue weighted by Crippen LogP contribution is 2.37. The fourth-order valence-electron chi connectivity index (χ4n) is 3.23. The average molecular weight is 358 g/mol. The SMILES string of the molecule is COc1ccc(-c2c(-c3ccccc3)c3ccc(OC)cc3oc2=O)cc1. The highest BCUT2D eigenvalue weighted by molar-refractivity contribution is 6.01. The summed E-state index contributed by atoms with van der Waals surface area (Å²) in [4.78, 5) is 12.9. The van der Waals surface area contributed by atoms with Crippen LogP contribution in [0.25, 0.3) is 33.2 Å². The second-order valence-corrected chi connectivity index (χ2v) is 6.10. The predicted molar refractivity (Wildman–Crippen MR) is 106 cm³/mol. The fourth-order valence-corrected chi connectivity index (χ4v) is 3.23. The number of methoxy groups -OCH3 is 2. The molecule has 1 aromatic heterocycles. The Balaban J connectivity index is 2.08. The van der Waals surface area contributed by atoms with Crippen LogP contribution in [-0.2, 0) is 0 Å². The minimum atomic E-state index is -0.389. The summed E-state index contributed by atoms with van der Waals surface area (Å²) >= 11 is 0. The highest BCUT2D eigenvalue weighted by Gasteiger charge is 2.18. The number of benzene rings is 3. The molecule has 27 heavy (non-hydrogen) atoms. The number of ether oxygens (including phenoxy) is 2. The summed E-state index contributed by atoms with van der Waals surface area (Å²) < 4.78 is 16.1. The van der Waals surface area contributed by atoms with E-state index in [0.29, 0.717) is 16.9 Å². The smallest absolute Gasteiger partial charge is 0.344 e. The van der Waals surface area contributed by atoms with E-state index in [2.05, 4.69) is 0 Å². The standard InChI is InChI=1S/C23H18O4/c1-25-17-10-8-16(9-11-17)22-21(15-6-4-3-5-7-15)19-13-12-18(26-2)14-20(19)27-23(22)24/h3-14H,1-2H3. The van der Waals surface area contributed by atoms with Gasteiger partial charge in [-0.2, -0.15) is 0 Å². The Labute approximate surface area is 156 Å². The summed E-state index contributed by atoms with van der Waals surface area (Å²) in [7, 11) is 3.20. The second-order valence-electron chi connectivity index (χ2n) is 6.10. The quantitative estimate of drug-likeness (QED) is 0.474. The topological polar surface area (TPSA) is 48.7 Å². The molecule has 0 N–H and O–H groups in total. The van der Waals surface area contributed by atoms with Crippen LogP contribution in [0.4, 0.5) is 0 Å². The lowest BCUT2D eigenvalue weighted by atomic mass is 9.93. The summed E-state index contributed by atoms with van der Waals surface area (Å²) in [6, 6.07) is 22.8. The monoisotopic (exact) mass is 358 g/mol. The summed E-state index contributed by atoms with van der Waals surface area (Å²) in [5, 5.41) is 0.854. The number of hydrogen-bond acceptors (Lipinski definition) is 4. The van der Waals surface area contributed by atoms with Crippen LogP contribution >= 0.6 is 0 Å². The Kier molecular flexibility index (Phi) is 4.38. The molecule has 4 heteroatoms. The molecule has 0 saturated heterocycles. The highest BCUT2D eigenvalue weighted by atomic mass is 16.5. The maximum Gasteiger partial charge on any atom is 0.344 e. The third kappa shape index (κ3) is 3.06. The van der Waals surface area contributed by atoms with Crippen LogP contribution in [0.1, 0.15) is 0 Å². The molecule has 0 aliphatic carbocycles. The van der Waals surface area contributed by atoms with Gasteiger partial charge < -0.3 is 13.9 Å². The number of fused-ring (bicyclic) bond motifs is 1. The van der Waals surface area contributed by atoms with E-state index in [-0.39, 0.29) is 5.63 Å². The van der Waals surface area contributed by atoms with Crippen molar-refractivity contribution in [3.63, 3.8) is 0 Å². The molecule has 4 aromatic rings. The van der Waals surface area contributed by atoms with Gasteiger partial charge in [0.05, 0.1) is 19.8 Å². The van der Waals surface area contributed by atoms with Crippen LogP contribution in [0.2, 0.25) is 0 Å². The van der Waals surface area contributed by atoms with Gasteiger partial charge in [-0.15, -0.1) is 0 Å². The first-order valence-corrected chi connectivity index (χ1v) is 8.56. The van der Waals surface area contributed by atoms with Crippen molar-refractivity contribution in [2.24, 2.45) is 0 Å². The molecule has 4 nitrogen and oxygen atoms in total. The van der Waals surface area contributed by atoms with Crippen LogP contribution in [0, 0.1) is 0 Å². The van der Waals surface area contributed by atoms with Gasteiger partial charge in [0.2, 0.25) is 0 Å². The van der Waals surface area contributed by atoms with E-state index in [0.717, 1.165) is 27.8 Å². The molecule has 0 spiro atoms. The van der Waals surface area contributed by atoms with Crippen molar-refractivity contribution >= 4 is 11.0 Å². The van der Waals surface area contributed by atoms with Crippen molar-refractivity contribution < 1.29 is 13.9 Å². The van der Waals surface area contributed by atoms with Crippen molar-refractivity contribution in [3.05, 3.63) is 83.2 Å². The Hall–Kier alpha value is -3.53. The van der Waals surface area contributed by atoms with Crippen molar-refractivity contribution in [2.75, 3.05) is 14.2 Å². The lowest BCUT2D eigenvalue weighted by Gasteiger charge is -2.13. The Morgan fingerprint density at radius 1 is 0.704 bits per heavy atom. The normalized spacial score (nSPS) is 10.7. The maximum atomic E-state index is 12.9. The molecule has 1 heterocycles. The zero-order valence-corrected chi connectivity index (χ0v) is 15.1. The summed E-state index contributed by atoms with van der Waals surface area (Å²) in [6.07, 6.45) is 0. The molecule has 0 unspecified atom stereocenters. The number of hydrogen-bond donors (Lipinski definition) is 0. The first kappa shape index (κ1) is 16.9. The minimum Gasteiger partial charge on any atom is -0.497 e. The Bertz CT molecular complexity index is 1140. The zero-order chi connectivity index (χ0) is 18.8. The van der Waals surface area contributed by atoms with E-state index in [1.807, 2.05) is 66.7 Å². The van der Waals surface area contributed by atoms with Gasteiger partial charge in [-0.25, -0.2) is 4.79 Å². The molecule has 134 valence electrons. The molecule has 4 rings (SSSR count). The molecule has 0 saturated carbocycles. The number of rotatable bonds is 4. The Morgan fingerprint density at radius 3 is 2.00 bits per heavy atom. The van der Waals surface area contributed by atoms with Gasteiger partial charge in [0.1, 0.15) is 17.1 Å². The van der Waals surface area contributed by atoms with E-state index in [1.165, 1.54) is 0 Å². The Morgan fingerprint density at radius 2 is 1.33 bits per heavy atom. The van der Waals surface area contributed by atoms with Gasteiger partial charge in [-0.05, 0) is 35.4 Å². The summed E-state index contributed by atoms with van der Waals surface area (Å²) in [5.74, 6) is 1.37. The molecule has 0 atom stereocenters. The van der Waals surface area contributed by atoms with Gasteiger partial charge in [0, 0.05) is 17.0 Å². The van der Waals surface area contributed by atoms with Crippen LogP contribution < -0.4 is 15.1 Å². The second kappa shape index (κ2) is 7.00. The molecular weight excluding hydrogens is 340 g/mol. The van der Waals surface area contributed by atoms with Crippen molar-refractivity contribution in [2.45, 2.75) is 0 Å². The van der Waals surface area contributed by atoms with E-state index < -0.39 is 0 Å². The lowest BCUT2D eigenvalue weighted by Crippen LogP contribution is -2.06. The predicted octanol–water partition coefficient (Wildman–Crippen LogP) is 5.14. The van der Waals surface area contributed by atoms with Crippen LogP contribution in [0.3, 0.4) is 0 Å². The third-order valence-electron chi connectivity index (χ3n) is 4.56. The van der Waals surface area contributed by atoms with E-state index in [1.54, 1.807) is 20.3 Å². The summed E-state index contributed by atoms with van der Waals surface area (Å²) in [6.45, 7) is 0. The molecule has 3 aromatic carbocycles. The van der Waals surface area contributed by atoms with Crippen LogP contribution in [0.5, 0.6) is 11.5 Å². The van der Waals surface area contributed by atoms with Crippen molar-refractivity contribution in [1.82, 2.24) is 0 Å². The van der Waals surface area contributed by atoms with Gasteiger partial charge >= 0.3 is 5.63 Å². The van der Waals surface area contributed by atoms with Crippen LogP contribution in [0.15, 0.2) is 82.0 Å². The average Bonchev–Trinajstić information content (AvgIpc) is 2.73. The fraction of sp³-hybridized carbons (Fsp3) is 0.0870. The van der Waals surface area contributed by atoms with Crippen LogP contribution in [-0.4, -0.2) is 14.2 Å². The zero-order valence-electron chi connectivity index (χ0n) is 15.1. The van der Waals surface area contributed by atoms with Gasteiger partial charge in [0.15, 0.2) is 0 Å². The first-order valence-electron chi connectivity index (χ1n) is 8.56. The molecule has 0 amide bonds. The summed E-state index contributed by atoms with van der Waals surface area (Å²) in [5.41, 5.74) is 3.21. The molecule has 0 bridgehead atoms. The molecular formula is C23H18O4. The molecule has 0 aliphatic heterocycles. The van der Waals surface area contributed by atoms with E-state index >= 15 is 0 Å². The van der Waals surface area contributed by atoms with Crippen molar-refractivity contribution in [3.8, 4) is 33.8 Å². The molecule has 0 fully saturated rings. The first-order chi connectivity index (χ1) is 13.2. The molecule has 0 aliphatic rings. The van der Waals surface area contributed by atoms with Gasteiger partial charge in [0.25, 0.3) is 0 Å². The maximum absolute atomic E-state index is 12.9. The van der Waals surface area contributed by atoms with Crippen molar-refractivity contribution in [1.29, 1.82) is 0 Å². The third-order valence-corrected chi connectivity index (χ3v) is 4.56. The lowest BCUT2D eigenvalue weighted by molar-refractivity contribution is 0.414. The minimum absolute atomic E-state index is 0.389. The van der Waals surface area contributed by atoms with Gasteiger partial charge in [-0.3, -0.25) is 0 Å². The van der Waals surface area contributed by atoms with Gasteiger partial charge in [-0.1, -0.05) is 42.5 Å². The van der Waals surface area contributed by atoms with E-state index in [9.17, 15) is 4.79 Å².